The number of likely N-dealkylation sites (tertiary alicyclic amines) is 1. The van der Waals surface area contributed by atoms with Gasteiger partial charge in [0.15, 0.2) is 0 Å². The minimum atomic E-state index is -0.504. The molecule has 0 aromatic heterocycles. The smallest absolute Gasteiger partial charge is 0.243 e. The number of rotatable bonds is 3. The van der Waals surface area contributed by atoms with E-state index in [9.17, 15) is 9.59 Å². The lowest BCUT2D eigenvalue weighted by Crippen LogP contribution is -2.36. The second-order valence-corrected chi connectivity index (χ2v) is 3.48. The maximum absolute atomic E-state index is 11.5. The zero-order valence-corrected chi connectivity index (χ0v) is 8.16. The van der Waals surface area contributed by atoms with E-state index in [-0.39, 0.29) is 18.7 Å². The largest absolute Gasteiger partial charge is 0.343 e. The third-order valence-corrected chi connectivity index (χ3v) is 2.40. The molecule has 1 aliphatic heterocycles. The number of piperidine rings is 1. The molecule has 0 bridgehead atoms. The molecule has 1 aliphatic rings. The molecule has 5 heteroatoms. The zero-order chi connectivity index (χ0) is 10.4. The van der Waals surface area contributed by atoms with Crippen molar-refractivity contribution < 1.29 is 14.8 Å². The summed E-state index contributed by atoms with van der Waals surface area (Å²) >= 11 is 0. The average molecular weight is 200 g/mol. The van der Waals surface area contributed by atoms with Gasteiger partial charge < -0.3 is 4.90 Å². The van der Waals surface area contributed by atoms with Crippen LogP contribution in [-0.2, 0) is 9.59 Å². The Kier molecular flexibility index (Phi) is 4.39. The van der Waals surface area contributed by atoms with Crippen LogP contribution in [0.25, 0.3) is 0 Å². The molecule has 0 unspecified atom stereocenters. The Balaban J connectivity index is 2.23. The van der Waals surface area contributed by atoms with E-state index in [1.165, 1.54) is 11.9 Å². The van der Waals surface area contributed by atoms with Crippen molar-refractivity contribution in [3.05, 3.63) is 0 Å². The Morgan fingerprint density at radius 3 is 2.36 bits per heavy atom. The van der Waals surface area contributed by atoms with Crippen LogP contribution in [0.15, 0.2) is 0 Å². The van der Waals surface area contributed by atoms with Crippen LogP contribution in [-0.4, -0.2) is 35.0 Å². The van der Waals surface area contributed by atoms with Gasteiger partial charge in [0.25, 0.3) is 0 Å². The summed E-state index contributed by atoms with van der Waals surface area (Å²) in [5.74, 6) is -0.497. The van der Waals surface area contributed by atoms with Crippen LogP contribution in [0.5, 0.6) is 0 Å². The predicted octanol–water partition coefficient (Wildman–Crippen LogP) is 0.285. The molecule has 1 heterocycles. The molecule has 1 rings (SSSR count). The lowest BCUT2D eigenvalue weighted by atomic mass is 10.1. The normalized spacial score (nSPS) is 16.5. The Labute approximate surface area is 83.0 Å². The number of carbonyl (C=O) groups is 2. The second kappa shape index (κ2) is 5.59. The first kappa shape index (κ1) is 11.0. The number of nitrogens with zero attached hydrogens (tertiary/aromatic N) is 1. The van der Waals surface area contributed by atoms with Crippen LogP contribution in [0.2, 0.25) is 0 Å². The molecular weight excluding hydrogens is 184 g/mol. The molecule has 80 valence electrons. The molecule has 0 saturated carbocycles. The Morgan fingerprint density at radius 1 is 1.14 bits per heavy atom. The molecule has 1 saturated heterocycles. The number of hydrogen-bond acceptors (Lipinski definition) is 3. The van der Waals surface area contributed by atoms with Crippen LogP contribution in [0.1, 0.15) is 32.1 Å². The van der Waals surface area contributed by atoms with Crippen molar-refractivity contribution in [3.63, 3.8) is 0 Å². The zero-order valence-electron chi connectivity index (χ0n) is 8.16. The van der Waals surface area contributed by atoms with Crippen molar-refractivity contribution in [1.82, 2.24) is 10.4 Å². The number of carbonyl (C=O) groups excluding carboxylic acids is 2. The van der Waals surface area contributed by atoms with Crippen LogP contribution in [0.3, 0.4) is 0 Å². The van der Waals surface area contributed by atoms with Gasteiger partial charge in [-0.15, -0.1) is 0 Å². The van der Waals surface area contributed by atoms with E-state index < -0.39 is 5.91 Å². The predicted molar refractivity (Wildman–Crippen MR) is 49.6 cm³/mol. The Morgan fingerprint density at radius 2 is 1.79 bits per heavy atom. The van der Waals surface area contributed by atoms with E-state index in [2.05, 4.69) is 0 Å². The summed E-state index contributed by atoms with van der Waals surface area (Å²) in [7, 11) is 0. The van der Waals surface area contributed by atoms with E-state index in [1.807, 2.05) is 0 Å². The first-order valence-corrected chi connectivity index (χ1v) is 4.95. The number of nitrogens with one attached hydrogen (secondary N) is 1. The third-order valence-electron chi connectivity index (χ3n) is 2.40. The van der Waals surface area contributed by atoms with Gasteiger partial charge in [-0.1, -0.05) is 0 Å². The molecule has 14 heavy (non-hydrogen) atoms. The van der Waals surface area contributed by atoms with Crippen molar-refractivity contribution in [2.24, 2.45) is 0 Å². The molecule has 0 aliphatic carbocycles. The van der Waals surface area contributed by atoms with Crippen LogP contribution in [0, 0.1) is 0 Å². The van der Waals surface area contributed by atoms with Gasteiger partial charge in [0.1, 0.15) is 0 Å². The summed E-state index contributed by atoms with van der Waals surface area (Å²) in [4.78, 5) is 23.9. The summed E-state index contributed by atoms with van der Waals surface area (Å²) in [6, 6.07) is 0. The monoisotopic (exact) mass is 200 g/mol. The highest BCUT2D eigenvalue weighted by molar-refractivity contribution is 5.83. The highest BCUT2D eigenvalue weighted by Crippen LogP contribution is 2.10. The molecule has 0 radical (unpaired) electrons. The summed E-state index contributed by atoms with van der Waals surface area (Å²) in [6.45, 7) is 1.61. The highest BCUT2D eigenvalue weighted by Gasteiger charge is 2.16. The SMILES string of the molecule is O=C(CCC(=O)N1CCCCC1)NO. The van der Waals surface area contributed by atoms with Gasteiger partial charge >= 0.3 is 0 Å². The van der Waals surface area contributed by atoms with E-state index in [0.29, 0.717) is 0 Å². The number of hydroxylamine groups is 1. The van der Waals surface area contributed by atoms with Crippen molar-refractivity contribution in [1.29, 1.82) is 0 Å². The Hall–Kier alpha value is -1.10. The average Bonchev–Trinajstić information content (AvgIpc) is 2.26. The second-order valence-electron chi connectivity index (χ2n) is 3.48. The van der Waals surface area contributed by atoms with Gasteiger partial charge in [0.2, 0.25) is 11.8 Å². The quantitative estimate of drug-likeness (QED) is 0.508. The first-order valence-electron chi connectivity index (χ1n) is 4.95. The lowest BCUT2D eigenvalue weighted by molar-refractivity contribution is -0.136. The summed E-state index contributed by atoms with van der Waals surface area (Å²) in [5, 5.41) is 8.23. The summed E-state index contributed by atoms with van der Waals surface area (Å²) < 4.78 is 0. The molecule has 5 nitrogen and oxygen atoms in total. The number of amides is 2. The minimum Gasteiger partial charge on any atom is -0.343 e. The maximum atomic E-state index is 11.5. The minimum absolute atomic E-state index is 0.00769. The van der Waals surface area contributed by atoms with Crippen molar-refractivity contribution in [2.45, 2.75) is 32.1 Å². The maximum Gasteiger partial charge on any atom is 0.243 e. The van der Waals surface area contributed by atoms with Crippen LogP contribution < -0.4 is 5.48 Å². The van der Waals surface area contributed by atoms with E-state index in [1.54, 1.807) is 4.90 Å². The first-order chi connectivity index (χ1) is 6.74. The van der Waals surface area contributed by atoms with Crippen molar-refractivity contribution in [3.8, 4) is 0 Å². The topological polar surface area (TPSA) is 69.6 Å². The van der Waals surface area contributed by atoms with Gasteiger partial charge in [-0.25, -0.2) is 5.48 Å². The fourth-order valence-electron chi connectivity index (χ4n) is 1.58. The van der Waals surface area contributed by atoms with E-state index in [4.69, 9.17) is 5.21 Å². The molecule has 1 fully saturated rings. The van der Waals surface area contributed by atoms with Gasteiger partial charge in [-0.2, -0.15) is 0 Å². The molecular formula is C9H16N2O3. The van der Waals surface area contributed by atoms with Crippen molar-refractivity contribution >= 4 is 11.8 Å². The van der Waals surface area contributed by atoms with Crippen LogP contribution >= 0.6 is 0 Å². The summed E-state index contributed by atoms with van der Waals surface area (Å²) in [5.41, 5.74) is 1.51. The van der Waals surface area contributed by atoms with E-state index >= 15 is 0 Å². The molecule has 0 aromatic rings. The Bertz CT molecular complexity index is 212. The van der Waals surface area contributed by atoms with E-state index in [0.717, 1.165) is 25.9 Å². The number of hydrogen-bond donors (Lipinski definition) is 2. The summed E-state index contributed by atoms with van der Waals surface area (Å²) in [6.07, 6.45) is 3.54. The fourth-order valence-corrected chi connectivity index (χ4v) is 1.58. The van der Waals surface area contributed by atoms with Gasteiger partial charge in [-0.05, 0) is 19.3 Å². The lowest BCUT2D eigenvalue weighted by Gasteiger charge is -2.26. The third kappa shape index (κ3) is 3.33. The molecule has 0 atom stereocenters. The van der Waals surface area contributed by atoms with Gasteiger partial charge in [0, 0.05) is 25.9 Å². The molecule has 0 aromatic carbocycles. The van der Waals surface area contributed by atoms with Crippen LogP contribution in [0.4, 0.5) is 0 Å². The fraction of sp³-hybridized carbons (Fsp3) is 0.778. The van der Waals surface area contributed by atoms with Gasteiger partial charge in [-0.3, -0.25) is 14.8 Å². The molecule has 2 N–H and O–H groups in total. The highest BCUT2D eigenvalue weighted by atomic mass is 16.5. The van der Waals surface area contributed by atoms with Gasteiger partial charge in [0.05, 0.1) is 0 Å². The molecule has 2 amide bonds. The molecule has 0 spiro atoms. The standard InChI is InChI=1S/C9H16N2O3/c12-8(10-14)4-5-9(13)11-6-2-1-3-7-11/h14H,1-7H2,(H,10,12). The van der Waals surface area contributed by atoms with Crippen molar-refractivity contribution in [2.75, 3.05) is 13.1 Å².